The van der Waals surface area contributed by atoms with Crippen molar-refractivity contribution >= 4 is 5.69 Å². The quantitative estimate of drug-likeness (QED) is 0.796. The van der Waals surface area contributed by atoms with E-state index in [2.05, 4.69) is 30.9 Å². The molecule has 0 aliphatic carbocycles. The highest BCUT2D eigenvalue weighted by Gasteiger charge is 2.19. The highest BCUT2D eigenvalue weighted by molar-refractivity contribution is 5.40. The summed E-state index contributed by atoms with van der Waals surface area (Å²) in [6, 6.07) is 10.8. The average molecular weight is 259 g/mol. The third-order valence-electron chi connectivity index (χ3n) is 3.39. The summed E-state index contributed by atoms with van der Waals surface area (Å²) in [5.41, 5.74) is 7.58. The lowest BCUT2D eigenvalue weighted by Crippen LogP contribution is -2.33. The van der Waals surface area contributed by atoms with Crippen LogP contribution in [0, 0.1) is 16.7 Å². The lowest BCUT2D eigenvalue weighted by molar-refractivity contribution is 0.190. The molecule has 1 rings (SSSR count). The highest BCUT2D eigenvalue weighted by atomic mass is 15.1. The minimum absolute atomic E-state index is 0.261. The molecule has 3 heteroatoms. The van der Waals surface area contributed by atoms with E-state index in [1.54, 1.807) is 0 Å². The summed E-state index contributed by atoms with van der Waals surface area (Å²) in [5, 5.41) is 9.09. The first-order chi connectivity index (χ1) is 8.84. The minimum atomic E-state index is -0.261. The molecule has 0 aromatic heterocycles. The average Bonchev–Trinajstić information content (AvgIpc) is 2.34. The molecule has 0 saturated heterocycles. The summed E-state index contributed by atoms with van der Waals surface area (Å²) in [6.45, 7) is 10.2. The number of anilines is 1. The number of rotatable bonds is 6. The van der Waals surface area contributed by atoms with Gasteiger partial charge in [0.05, 0.1) is 11.5 Å². The van der Waals surface area contributed by atoms with Gasteiger partial charge in [0.2, 0.25) is 0 Å². The van der Waals surface area contributed by atoms with Crippen LogP contribution in [-0.2, 0) is 6.54 Å². The smallest absolute Gasteiger partial charge is 0.0684 e. The van der Waals surface area contributed by atoms with Gasteiger partial charge in [-0.1, -0.05) is 12.1 Å². The summed E-state index contributed by atoms with van der Waals surface area (Å²) in [4.78, 5) is 2.38. The van der Waals surface area contributed by atoms with E-state index in [1.165, 1.54) is 5.56 Å². The van der Waals surface area contributed by atoms with Crippen molar-refractivity contribution in [2.45, 2.75) is 46.7 Å². The Morgan fingerprint density at radius 2 is 2.05 bits per heavy atom. The third kappa shape index (κ3) is 5.32. The third-order valence-corrected chi connectivity index (χ3v) is 3.39. The molecule has 0 aliphatic heterocycles. The fourth-order valence-corrected chi connectivity index (χ4v) is 1.92. The summed E-state index contributed by atoms with van der Waals surface area (Å²) < 4.78 is 0. The Morgan fingerprint density at radius 1 is 1.37 bits per heavy atom. The molecule has 0 atom stereocenters. The highest BCUT2D eigenvalue weighted by Crippen LogP contribution is 2.21. The molecule has 0 heterocycles. The van der Waals surface area contributed by atoms with Gasteiger partial charge in [0.1, 0.15) is 0 Å². The predicted octanol–water partition coefficient (Wildman–Crippen LogP) is 3.42. The summed E-state index contributed by atoms with van der Waals surface area (Å²) >= 11 is 0. The van der Waals surface area contributed by atoms with Crippen LogP contribution >= 0.6 is 0 Å². The molecule has 2 N–H and O–H groups in total. The van der Waals surface area contributed by atoms with Gasteiger partial charge in [-0.25, -0.2) is 0 Å². The molecule has 0 saturated carbocycles. The van der Waals surface area contributed by atoms with Crippen molar-refractivity contribution < 1.29 is 0 Å². The van der Waals surface area contributed by atoms with Crippen molar-refractivity contribution in [3.05, 3.63) is 29.8 Å². The van der Waals surface area contributed by atoms with E-state index in [0.29, 0.717) is 6.04 Å². The van der Waals surface area contributed by atoms with Gasteiger partial charge in [-0.05, 0) is 51.8 Å². The lowest BCUT2D eigenvalue weighted by Gasteiger charge is -2.29. The van der Waals surface area contributed by atoms with E-state index >= 15 is 0 Å². The largest absolute Gasteiger partial charge is 0.399 e. The first kappa shape index (κ1) is 15.5. The maximum atomic E-state index is 9.09. The fraction of sp³-hybridized carbons (Fsp3) is 0.562. The maximum Gasteiger partial charge on any atom is 0.0684 e. The molecule has 104 valence electrons. The van der Waals surface area contributed by atoms with Crippen LogP contribution in [0.1, 0.15) is 39.7 Å². The van der Waals surface area contributed by atoms with Gasteiger partial charge in [0.15, 0.2) is 0 Å². The second-order valence-corrected chi connectivity index (χ2v) is 6.05. The van der Waals surface area contributed by atoms with Crippen molar-refractivity contribution in [3.63, 3.8) is 0 Å². The molecule has 1 aromatic carbocycles. The molecule has 0 bridgehead atoms. The predicted molar refractivity (Wildman–Crippen MR) is 80.4 cm³/mol. The van der Waals surface area contributed by atoms with Gasteiger partial charge in [-0.2, -0.15) is 5.26 Å². The Labute approximate surface area is 117 Å². The van der Waals surface area contributed by atoms with Gasteiger partial charge >= 0.3 is 0 Å². The van der Waals surface area contributed by atoms with Crippen LogP contribution in [0.5, 0.6) is 0 Å². The zero-order valence-electron chi connectivity index (χ0n) is 12.5. The summed E-state index contributed by atoms with van der Waals surface area (Å²) in [5.74, 6) is 0. The number of benzene rings is 1. The second-order valence-electron chi connectivity index (χ2n) is 6.05. The molecular formula is C16H25N3. The van der Waals surface area contributed by atoms with Crippen molar-refractivity contribution in [2.75, 3.05) is 12.3 Å². The zero-order valence-corrected chi connectivity index (χ0v) is 12.5. The van der Waals surface area contributed by atoms with Crippen molar-refractivity contribution in [3.8, 4) is 6.07 Å². The van der Waals surface area contributed by atoms with E-state index in [1.807, 2.05) is 32.0 Å². The van der Waals surface area contributed by atoms with Crippen LogP contribution in [0.15, 0.2) is 24.3 Å². The lowest BCUT2D eigenvalue weighted by atomic mass is 9.91. The Hall–Kier alpha value is -1.53. The Balaban J connectivity index is 2.67. The standard InChI is InChI=1S/C16H25N3/c1-13(2)19(9-8-16(3,4)12-17)11-14-6-5-7-15(18)10-14/h5-7,10,13H,8-9,11,18H2,1-4H3. The zero-order chi connectivity index (χ0) is 14.5. The molecule has 0 aliphatic rings. The SMILES string of the molecule is CC(C)N(CCC(C)(C)C#N)Cc1cccc(N)c1. The second kappa shape index (κ2) is 6.58. The van der Waals surface area contributed by atoms with Crippen LogP contribution in [0.4, 0.5) is 5.69 Å². The molecule has 0 unspecified atom stereocenters. The molecular weight excluding hydrogens is 234 g/mol. The van der Waals surface area contributed by atoms with Crippen molar-refractivity contribution in [1.82, 2.24) is 4.90 Å². The van der Waals surface area contributed by atoms with E-state index in [9.17, 15) is 0 Å². The van der Waals surface area contributed by atoms with Crippen molar-refractivity contribution in [2.24, 2.45) is 5.41 Å². The van der Waals surface area contributed by atoms with Crippen LogP contribution in [-0.4, -0.2) is 17.5 Å². The number of nitrogens with two attached hydrogens (primary N) is 1. The normalized spacial score (nSPS) is 11.8. The fourth-order valence-electron chi connectivity index (χ4n) is 1.92. The topological polar surface area (TPSA) is 53.0 Å². The Kier molecular flexibility index (Phi) is 5.38. The number of nitrogen functional groups attached to an aromatic ring is 1. The number of hydrogen-bond donors (Lipinski definition) is 1. The molecule has 3 nitrogen and oxygen atoms in total. The first-order valence-electron chi connectivity index (χ1n) is 6.84. The van der Waals surface area contributed by atoms with Crippen LogP contribution < -0.4 is 5.73 Å². The van der Waals surface area contributed by atoms with E-state index < -0.39 is 0 Å². The van der Waals surface area contributed by atoms with Crippen molar-refractivity contribution in [1.29, 1.82) is 5.26 Å². The molecule has 0 amide bonds. The Bertz CT molecular complexity index is 444. The number of nitriles is 1. The van der Waals surface area contributed by atoms with Gasteiger partial charge in [0.25, 0.3) is 0 Å². The van der Waals surface area contributed by atoms with Crippen LogP contribution in [0.3, 0.4) is 0 Å². The molecule has 0 spiro atoms. The van der Waals surface area contributed by atoms with Crippen LogP contribution in [0.2, 0.25) is 0 Å². The van der Waals surface area contributed by atoms with Gasteiger partial charge < -0.3 is 5.73 Å². The minimum Gasteiger partial charge on any atom is -0.399 e. The van der Waals surface area contributed by atoms with Gasteiger partial charge in [-0.15, -0.1) is 0 Å². The molecule has 1 aromatic rings. The number of nitrogens with zero attached hydrogens (tertiary/aromatic N) is 2. The van der Waals surface area contributed by atoms with Gasteiger partial charge in [-0.3, -0.25) is 4.90 Å². The molecule has 0 radical (unpaired) electrons. The molecule has 0 fully saturated rings. The monoisotopic (exact) mass is 259 g/mol. The Morgan fingerprint density at radius 3 is 2.58 bits per heavy atom. The summed E-state index contributed by atoms with van der Waals surface area (Å²) in [7, 11) is 0. The van der Waals surface area contributed by atoms with E-state index in [4.69, 9.17) is 11.0 Å². The van der Waals surface area contributed by atoms with Crippen LogP contribution in [0.25, 0.3) is 0 Å². The number of hydrogen-bond acceptors (Lipinski definition) is 3. The van der Waals surface area contributed by atoms with E-state index in [-0.39, 0.29) is 5.41 Å². The van der Waals surface area contributed by atoms with E-state index in [0.717, 1.165) is 25.2 Å². The first-order valence-corrected chi connectivity index (χ1v) is 6.84. The molecule has 19 heavy (non-hydrogen) atoms. The maximum absolute atomic E-state index is 9.09. The van der Waals surface area contributed by atoms with Gasteiger partial charge in [0, 0.05) is 24.8 Å². The summed E-state index contributed by atoms with van der Waals surface area (Å²) in [6.07, 6.45) is 0.879.